The van der Waals surface area contributed by atoms with Crippen molar-refractivity contribution in [2.75, 3.05) is 0 Å². The molecule has 1 heterocycles. The predicted octanol–water partition coefficient (Wildman–Crippen LogP) is 0.277. The van der Waals surface area contributed by atoms with E-state index in [1.807, 2.05) is 13.8 Å². The average Bonchev–Trinajstić information content (AvgIpc) is 2.36. The maximum absolute atomic E-state index is 11.1. The highest BCUT2D eigenvalue weighted by molar-refractivity contribution is 6.05. The van der Waals surface area contributed by atoms with Gasteiger partial charge in [-0.2, -0.15) is 0 Å². The molecule has 0 aromatic carbocycles. The Bertz CT molecular complexity index is 240. The van der Waals surface area contributed by atoms with Crippen molar-refractivity contribution in [3.63, 3.8) is 0 Å². The summed E-state index contributed by atoms with van der Waals surface area (Å²) in [6.07, 6.45) is -0.605. The minimum Gasteiger partial charge on any atom is -0.432 e. The molecule has 1 N–H and O–H groups in total. The number of carbonyl (C=O) groups excluding carboxylic acids is 2. The van der Waals surface area contributed by atoms with E-state index in [1.165, 1.54) is 0 Å². The topological polar surface area (TPSA) is 55.4 Å². The van der Waals surface area contributed by atoms with Crippen molar-refractivity contribution in [2.24, 2.45) is 11.8 Å². The monoisotopic (exact) mass is 155 g/mol. The molecule has 2 rings (SSSR count). The van der Waals surface area contributed by atoms with Crippen molar-refractivity contribution in [1.29, 1.82) is 0 Å². The van der Waals surface area contributed by atoms with E-state index in [9.17, 15) is 9.59 Å². The Balaban J connectivity index is 2.30. The van der Waals surface area contributed by atoms with Crippen LogP contribution in [0.4, 0.5) is 4.79 Å². The lowest BCUT2D eigenvalue weighted by molar-refractivity contribution is -0.126. The lowest BCUT2D eigenvalue weighted by Crippen LogP contribution is -2.28. The van der Waals surface area contributed by atoms with Crippen molar-refractivity contribution in [2.45, 2.75) is 19.4 Å². The van der Waals surface area contributed by atoms with Gasteiger partial charge in [0.15, 0.2) is 5.60 Å². The van der Waals surface area contributed by atoms with E-state index in [4.69, 9.17) is 4.74 Å². The summed E-state index contributed by atoms with van der Waals surface area (Å²) >= 11 is 0. The molecule has 2 unspecified atom stereocenters. The van der Waals surface area contributed by atoms with Gasteiger partial charge in [-0.05, 0) is 0 Å². The first-order valence-electron chi connectivity index (χ1n) is 3.63. The molecule has 2 amide bonds. The molecule has 2 atom stereocenters. The summed E-state index contributed by atoms with van der Waals surface area (Å²) in [5, 5.41) is 2.13. The molecule has 4 nitrogen and oxygen atoms in total. The van der Waals surface area contributed by atoms with E-state index in [2.05, 4.69) is 5.32 Å². The third-order valence-electron chi connectivity index (χ3n) is 2.83. The highest BCUT2D eigenvalue weighted by atomic mass is 16.6. The van der Waals surface area contributed by atoms with Gasteiger partial charge < -0.3 is 4.74 Å². The van der Waals surface area contributed by atoms with E-state index >= 15 is 0 Å². The molecular weight excluding hydrogens is 146 g/mol. The molecular formula is C7H9NO3. The summed E-state index contributed by atoms with van der Waals surface area (Å²) in [6, 6.07) is 0. The van der Waals surface area contributed by atoms with Crippen LogP contribution < -0.4 is 5.32 Å². The number of carbonyl (C=O) groups is 2. The first kappa shape index (κ1) is 6.64. The van der Waals surface area contributed by atoms with Crippen LogP contribution in [-0.2, 0) is 9.53 Å². The Kier molecular flexibility index (Phi) is 0.948. The molecule has 2 aliphatic rings. The van der Waals surface area contributed by atoms with Crippen molar-refractivity contribution in [1.82, 2.24) is 5.32 Å². The molecule has 0 aromatic rings. The Morgan fingerprint density at radius 3 is 2.09 bits per heavy atom. The van der Waals surface area contributed by atoms with Crippen LogP contribution in [-0.4, -0.2) is 17.6 Å². The molecule has 0 radical (unpaired) electrons. The molecule has 1 aliphatic heterocycles. The summed E-state index contributed by atoms with van der Waals surface area (Å²) < 4.78 is 4.90. The van der Waals surface area contributed by atoms with Crippen molar-refractivity contribution >= 4 is 12.0 Å². The van der Waals surface area contributed by atoms with Gasteiger partial charge >= 0.3 is 6.09 Å². The molecule has 0 bridgehead atoms. The summed E-state index contributed by atoms with van der Waals surface area (Å²) in [4.78, 5) is 21.8. The second-order valence-corrected chi connectivity index (χ2v) is 3.21. The van der Waals surface area contributed by atoms with E-state index < -0.39 is 11.7 Å². The number of alkyl carbamates (subject to hydrolysis) is 1. The fourth-order valence-electron chi connectivity index (χ4n) is 1.75. The first-order chi connectivity index (χ1) is 5.09. The SMILES string of the molecule is CC1C(C)C12OC(=O)NC2=O. The first-order valence-corrected chi connectivity index (χ1v) is 3.63. The van der Waals surface area contributed by atoms with Gasteiger partial charge in [0.1, 0.15) is 0 Å². The number of hydrogen-bond donors (Lipinski definition) is 1. The molecule has 1 saturated heterocycles. The zero-order valence-corrected chi connectivity index (χ0v) is 6.38. The fourth-order valence-corrected chi connectivity index (χ4v) is 1.75. The Hall–Kier alpha value is -1.06. The zero-order chi connectivity index (χ0) is 8.22. The van der Waals surface area contributed by atoms with Crippen LogP contribution in [0.3, 0.4) is 0 Å². The Morgan fingerprint density at radius 2 is 1.91 bits per heavy atom. The van der Waals surface area contributed by atoms with Crippen molar-refractivity contribution in [3.8, 4) is 0 Å². The summed E-state index contributed by atoms with van der Waals surface area (Å²) in [7, 11) is 0. The van der Waals surface area contributed by atoms with Crippen LogP contribution >= 0.6 is 0 Å². The maximum atomic E-state index is 11.1. The quantitative estimate of drug-likeness (QED) is 0.546. The third kappa shape index (κ3) is 0.552. The van der Waals surface area contributed by atoms with Crippen LogP contribution in [0.5, 0.6) is 0 Å². The minimum atomic E-state index is -0.808. The second-order valence-electron chi connectivity index (χ2n) is 3.21. The lowest BCUT2D eigenvalue weighted by Gasteiger charge is -2.01. The number of imide groups is 1. The van der Waals surface area contributed by atoms with Crippen LogP contribution in [0, 0.1) is 11.8 Å². The lowest BCUT2D eigenvalue weighted by atomic mass is 10.2. The van der Waals surface area contributed by atoms with E-state index in [0.717, 1.165) is 0 Å². The van der Waals surface area contributed by atoms with Gasteiger partial charge in [0.05, 0.1) is 0 Å². The number of nitrogens with one attached hydrogen (secondary N) is 1. The van der Waals surface area contributed by atoms with Crippen LogP contribution in [0.1, 0.15) is 13.8 Å². The van der Waals surface area contributed by atoms with E-state index in [-0.39, 0.29) is 17.7 Å². The molecule has 2 fully saturated rings. The molecule has 1 saturated carbocycles. The number of ether oxygens (including phenoxy) is 1. The molecule has 4 heteroatoms. The van der Waals surface area contributed by atoms with E-state index in [1.54, 1.807) is 0 Å². The minimum absolute atomic E-state index is 0.161. The highest BCUT2D eigenvalue weighted by Gasteiger charge is 2.71. The summed E-state index contributed by atoms with van der Waals surface area (Å²) in [5.74, 6) is 0.0467. The van der Waals surface area contributed by atoms with Gasteiger partial charge in [0.2, 0.25) is 0 Å². The molecule has 1 spiro atoms. The van der Waals surface area contributed by atoms with Crippen LogP contribution in [0.15, 0.2) is 0 Å². The Morgan fingerprint density at radius 1 is 1.36 bits per heavy atom. The molecule has 1 aliphatic carbocycles. The normalized spacial score (nSPS) is 47.5. The highest BCUT2D eigenvalue weighted by Crippen LogP contribution is 2.54. The van der Waals surface area contributed by atoms with Crippen LogP contribution in [0.2, 0.25) is 0 Å². The van der Waals surface area contributed by atoms with Crippen LogP contribution in [0.25, 0.3) is 0 Å². The molecule has 11 heavy (non-hydrogen) atoms. The second kappa shape index (κ2) is 1.57. The zero-order valence-electron chi connectivity index (χ0n) is 6.38. The summed E-state index contributed by atoms with van der Waals surface area (Å²) in [6.45, 7) is 3.81. The Labute approximate surface area is 63.9 Å². The molecule has 60 valence electrons. The van der Waals surface area contributed by atoms with E-state index in [0.29, 0.717) is 0 Å². The number of amides is 2. The maximum Gasteiger partial charge on any atom is 0.415 e. The molecule has 0 aromatic heterocycles. The van der Waals surface area contributed by atoms with Gasteiger partial charge in [-0.1, -0.05) is 13.8 Å². The number of hydrogen-bond acceptors (Lipinski definition) is 3. The van der Waals surface area contributed by atoms with Gasteiger partial charge in [0, 0.05) is 11.8 Å². The standard InChI is InChI=1S/C7H9NO3/c1-3-4(2)7(3)5(9)8-6(10)11-7/h3-4H,1-2H3,(H,8,9,10). The van der Waals surface area contributed by atoms with Gasteiger partial charge in [-0.25, -0.2) is 4.79 Å². The summed E-state index contributed by atoms with van der Waals surface area (Å²) in [5.41, 5.74) is -0.808. The van der Waals surface area contributed by atoms with Crippen molar-refractivity contribution < 1.29 is 14.3 Å². The van der Waals surface area contributed by atoms with Crippen molar-refractivity contribution in [3.05, 3.63) is 0 Å². The third-order valence-corrected chi connectivity index (χ3v) is 2.83. The number of rotatable bonds is 0. The fraction of sp³-hybridized carbons (Fsp3) is 0.714. The van der Waals surface area contributed by atoms with Gasteiger partial charge in [0.25, 0.3) is 5.91 Å². The van der Waals surface area contributed by atoms with Gasteiger partial charge in [-0.3, -0.25) is 10.1 Å². The largest absolute Gasteiger partial charge is 0.432 e. The smallest absolute Gasteiger partial charge is 0.415 e. The average molecular weight is 155 g/mol. The van der Waals surface area contributed by atoms with Gasteiger partial charge in [-0.15, -0.1) is 0 Å². The predicted molar refractivity (Wildman–Crippen MR) is 35.7 cm³/mol.